The quantitative estimate of drug-likeness (QED) is 0.226. The van der Waals surface area contributed by atoms with Crippen molar-refractivity contribution < 1.29 is 4.42 Å². The van der Waals surface area contributed by atoms with Gasteiger partial charge in [0.1, 0.15) is 5.58 Å². The molecule has 0 saturated heterocycles. The van der Waals surface area contributed by atoms with Crippen molar-refractivity contribution in [3.05, 3.63) is 121 Å². The molecular formula is C34H20OS. The molecular weight excluding hydrogens is 456 g/mol. The van der Waals surface area contributed by atoms with Crippen LogP contribution in [0.4, 0.5) is 0 Å². The Hall–Kier alpha value is -4.40. The molecule has 0 bridgehead atoms. The molecule has 8 aromatic rings. The molecule has 0 N–H and O–H groups in total. The molecule has 0 amide bonds. The summed E-state index contributed by atoms with van der Waals surface area (Å²) < 4.78 is 7.94. The third-order valence-corrected chi connectivity index (χ3v) is 8.28. The third-order valence-electron chi connectivity index (χ3n) is 7.35. The SMILES string of the molecule is c1ccc(-c2c3ccccc3c(-c3cccc4c3oc3c4ccc4ccsc43)c3ccccc23)cc1. The van der Waals surface area contributed by atoms with E-state index >= 15 is 0 Å². The Bertz CT molecular complexity index is 2040. The van der Waals surface area contributed by atoms with Gasteiger partial charge < -0.3 is 4.42 Å². The van der Waals surface area contributed by atoms with E-state index in [4.69, 9.17) is 4.42 Å². The predicted octanol–water partition coefficient (Wildman–Crippen LogP) is 10.4. The summed E-state index contributed by atoms with van der Waals surface area (Å²) in [7, 11) is 0. The van der Waals surface area contributed by atoms with Crippen LogP contribution in [0.25, 0.3) is 75.8 Å². The number of rotatable bonds is 2. The van der Waals surface area contributed by atoms with Crippen molar-refractivity contribution in [2.24, 2.45) is 0 Å². The molecule has 8 rings (SSSR count). The van der Waals surface area contributed by atoms with E-state index < -0.39 is 0 Å². The van der Waals surface area contributed by atoms with Gasteiger partial charge in [0, 0.05) is 21.9 Å². The molecule has 168 valence electrons. The topological polar surface area (TPSA) is 13.1 Å². The van der Waals surface area contributed by atoms with Crippen LogP contribution in [0.15, 0.2) is 125 Å². The van der Waals surface area contributed by atoms with Crippen LogP contribution in [0, 0.1) is 0 Å². The average Bonchev–Trinajstić information content (AvgIpc) is 3.57. The first-order chi connectivity index (χ1) is 17.9. The Kier molecular flexibility index (Phi) is 4.16. The molecule has 1 nitrogen and oxygen atoms in total. The molecule has 0 saturated carbocycles. The Balaban J connectivity index is 1.56. The van der Waals surface area contributed by atoms with Crippen LogP contribution in [0.5, 0.6) is 0 Å². The van der Waals surface area contributed by atoms with Crippen LogP contribution in [0.1, 0.15) is 0 Å². The minimum absolute atomic E-state index is 0.955. The smallest absolute Gasteiger partial charge is 0.153 e. The van der Waals surface area contributed by atoms with E-state index in [1.165, 1.54) is 53.7 Å². The number of benzene rings is 6. The first-order valence-electron chi connectivity index (χ1n) is 12.2. The molecule has 6 aromatic carbocycles. The van der Waals surface area contributed by atoms with Gasteiger partial charge in [-0.25, -0.2) is 0 Å². The van der Waals surface area contributed by atoms with Gasteiger partial charge in [-0.2, -0.15) is 0 Å². The van der Waals surface area contributed by atoms with Gasteiger partial charge in [-0.1, -0.05) is 103 Å². The highest BCUT2D eigenvalue weighted by molar-refractivity contribution is 7.18. The lowest BCUT2D eigenvalue weighted by Crippen LogP contribution is -1.90. The highest BCUT2D eigenvalue weighted by Crippen LogP contribution is 2.47. The van der Waals surface area contributed by atoms with Crippen molar-refractivity contribution in [2.75, 3.05) is 0 Å². The van der Waals surface area contributed by atoms with Crippen LogP contribution in [-0.4, -0.2) is 0 Å². The average molecular weight is 477 g/mol. The number of fused-ring (bicyclic) bond motifs is 7. The van der Waals surface area contributed by atoms with E-state index in [-0.39, 0.29) is 0 Å². The zero-order valence-electron chi connectivity index (χ0n) is 19.4. The van der Waals surface area contributed by atoms with Gasteiger partial charge in [-0.15, -0.1) is 11.3 Å². The number of thiophene rings is 1. The second-order valence-electron chi connectivity index (χ2n) is 9.27. The van der Waals surface area contributed by atoms with Crippen LogP contribution < -0.4 is 0 Å². The maximum atomic E-state index is 6.73. The van der Waals surface area contributed by atoms with E-state index in [0.29, 0.717) is 0 Å². The largest absolute Gasteiger partial charge is 0.454 e. The zero-order chi connectivity index (χ0) is 23.6. The number of hydrogen-bond acceptors (Lipinski definition) is 2. The number of para-hydroxylation sites is 1. The van der Waals surface area contributed by atoms with Gasteiger partial charge in [0.2, 0.25) is 0 Å². The summed E-state index contributed by atoms with van der Waals surface area (Å²) in [6, 6.07) is 41.4. The van der Waals surface area contributed by atoms with Gasteiger partial charge in [0.05, 0.1) is 4.70 Å². The van der Waals surface area contributed by atoms with E-state index in [1.54, 1.807) is 11.3 Å². The van der Waals surface area contributed by atoms with Crippen molar-refractivity contribution in [2.45, 2.75) is 0 Å². The Morgan fingerprint density at radius 2 is 1.06 bits per heavy atom. The van der Waals surface area contributed by atoms with Gasteiger partial charge in [0.15, 0.2) is 5.58 Å². The van der Waals surface area contributed by atoms with Gasteiger partial charge in [-0.05, 0) is 55.6 Å². The van der Waals surface area contributed by atoms with E-state index in [2.05, 4.69) is 121 Å². The first-order valence-corrected chi connectivity index (χ1v) is 13.1. The summed E-state index contributed by atoms with van der Waals surface area (Å²) >= 11 is 1.74. The molecule has 0 aliphatic rings. The summed E-state index contributed by atoms with van der Waals surface area (Å²) in [5, 5.41) is 10.7. The summed E-state index contributed by atoms with van der Waals surface area (Å²) in [5.41, 5.74) is 6.82. The predicted molar refractivity (Wildman–Crippen MR) is 155 cm³/mol. The zero-order valence-corrected chi connectivity index (χ0v) is 20.2. The fourth-order valence-corrected chi connectivity index (χ4v) is 6.69. The Morgan fingerprint density at radius 3 is 1.78 bits per heavy atom. The minimum Gasteiger partial charge on any atom is -0.454 e. The maximum Gasteiger partial charge on any atom is 0.153 e. The van der Waals surface area contributed by atoms with Crippen molar-refractivity contribution >= 4 is 64.9 Å². The minimum atomic E-state index is 0.955. The molecule has 2 heteroatoms. The van der Waals surface area contributed by atoms with Crippen molar-refractivity contribution in [3.8, 4) is 22.3 Å². The molecule has 2 aromatic heterocycles. The fraction of sp³-hybridized carbons (Fsp3) is 0. The van der Waals surface area contributed by atoms with E-state index in [9.17, 15) is 0 Å². The van der Waals surface area contributed by atoms with Gasteiger partial charge in [-0.3, -0.25) is 0 Å². The number of hydrogen-bond donors (Lipinski definition) is 0. The van der Waals surface area contributed by atoms with Gasteiger partial charge in [0.25, 0.3) is 0 Å². The second-order valence-corrected chi connectivity index (χ2v) is 10.2. The molecule has 0 aliphatic heterocycles. The fourth-order valence-electron chi connectivity index (χ4n) is 5.81. The van der Waals surface area contributed by atoms with Crippen molar-refractivity contribution in [1.29, 1.82) is 0 Å². The molecule has 0 fully saturated rings. The van der Waals surface area contributed by atoms with E-state index in [0.717, 1.165) is 22.1 Å². The molecule has 36 heavy (non-hydrogen) atoms. The van der Waals surface area contributed by atoms with Gasteiger partial charge >= 0.3 is 0 Å². The molecule has 2 heterocycles. The normalized spacial score (nSPS) is 11.9. The van der Waals surface area contributed by atoms with E-state index in [1.807, 2.05) is 0 Å². The summed E-state index contributed by atoms with van der Waals surface area (Å²) in [6.07, 6.45) is 0. The summed E-state index contributed by atoms with van der Waals surface area (Å²) in [4.78, 5) is 0. The molecule has 0 spiro atoms. The summed E-state index contributed by atoms with van der Waals surface area (Å²) in [5.74, 6) is 0. The second kappa shape index (κ2) is 7.55. The highest BCUT2D eigenvalue weighted by atomic mass is 32.1. The number of furan rings is 1. The highest BCUT2D eigenvalue weighted by Gasteiger charge is 2.20. The van der Waals surface area contributed by atoms with Crippen LogP contribution in [0.2, 0.25) is 0 Å². The maximum absolute atomic E-state index is 6.73. The van der Waals surface area contributed by atoms with Crippen LogP contribution >= 0.6 is 11.3 Å². The molecule has 0 aliphatic carbocycles. The van der Waals surface area contributed by atoms with Crippen molar-refractivity contribution in [1.82, 2.24) is 0 Å². The Morgan fingerprint density at radius 1 is 0.444 bits per heavy atom. The lowest BCUT2D eigenvalue weighted by Gasteiger charge is -2.17. The lowest BCUT2D eigenvalue weighted by molar-refractivity contribution is 0.674. The Labute approximate surface area is 211 Å². The van der Waals surface area contributed by atoms with Crippen molar-refractivity contribution in [3.63, 3.8) is 0 Å². The molecule has 0 atom stereocenters. The first kappa shape index (κ1) is 19.9. The van der Waals surface area contributed by atoms with Crippen LogP contribution in [0.3, 0.4) is 0 Å². The standard InChI is InChI=1S/C34H20OS/c1-2-9-21(10-3-1)30-23-11-4-6-13-25(23)31(26-14-7-5-12-24(26)30)29-16-8-15-27-28-18-17-22-19-20-36-34(22)33(28)35-32(27)29/h1-20H. The molecule has 0 unspecified atom stereocenters. The lowest BCUT2D eigenvalue weighted by atomic mass is 9.85. The molecule has 0 radical (unpaired) electrons. The monoisotopic (exact) mass is 476 g/mol. The third kappa shape index (κ3) is 2.71. The summed E-state index contributed by atoms with van der Waals surface area (Å²) in [6.45, 7) is 0. The van der Waals surface area contributed by atoms with Crippen LogP contribution in [-0.2, 0) is 0 Å².